The highest BCUT2D eigenvalue weighted by atomic mass is 32.1. The molecule has 4 aromatic carbocycles. The van der Waals surface area contributed by atoms with Crippen molar-refractivity contribution < 1.29 is 4.74 Å². The monoisotopic (exact) mass is 609 g/mol. The Morgan fingerprint density at radius 3 is 2.25 bits per heavy atom. The summed E-state index contributed by atoms with van der Waals surface area (Å²) in [5, 5.41) is 5.46. The van der Waals surface area contributed by atoms with E-state index in [-0.39, 0.29) is 5.41 Å². The molecule has 0 aliphatic carbocycles. The Kier molecular flexibility index (Phi) is 6.43. The fourth-order valence-corrected chi connectivity index (χ4v) is 7.93. The van der Waals surface area contributed by atoms with Gasteiger partial charge in [-0.1, -0.05) is 68.5 Å². The van der Waals surface area contributed by atoms with Crippen LogP contribution in [0.3, 0.4) is 0 Å². The van der Waals surface area contributed by atoms with Crippen LogP contribution in [-0.4, -0.2) is 11.7 Å². The second kappa shape index (κ2) is 10.5. The molecule has 1 aliphatic rings. The largest absolute Gasteiger partial charge is 0.447 e. The van der Waals surface area contributed by atoms with Gasteiger partial charge in [0.1, 0.15) is 12.4 Å². The number of thiophene rings is 2. The minimum Gasteiger partial charge on any atom is -0.447 e. The SMILES string of the molecule is CC(C)(C)c1ccnc(-c2c3ccsc3cc3sc(Oc4cccc(N5CN(c6ccccc6)c6ccccc65)c4)cc23)c1. The van der Waals surface area contributed by atoms with Gasteiger partial charge in [-0.15, -0.1) is 11.3 Å². The summed E-state index contributed by atoms with van der Waals surface area (Å²) in [5.41, 5.74) is 8.17. The van der Waals surface area contributed by atoms with Gasteiger partial charge in [0.25, 0.3) is 0 Å². The minimum absolute atomic E-state index is 0.0429. The molecule has 4 heterocycles. The first-order valence-electron chi connectivity index (χ1n) is 14.8. The molecule has 0 saturated heterocycles. The van der Waals surface area contributed by atoms with Crippen LogP contribution < -0.4 is 14.5 Å². The van der Waals surface area contributed by atoms with Gasteiger partial charge >= 0.3 is 0 Å². The van der Waals surface area contributed by atoms with Gasteiger partial charge in [-0.25, -0.2) is 0 Å². The number of benzene rings is 4. The van der Waals surface area contributed by atoms with Crippen molar-refractivity contribution in [2.24, 2.45) is 0 Å². The van der Waals surface area contributed by atoms with E-state index in [1.54, 1.807) is 22.7 Å². The molecule has 0 spiro atoms. The lowest BCUT2D eigenvalue weighted by atomic mass is 9.86. The topological polar surface area (TPSA) is 28.6 Å². The van der Waals surface area contributed by atoms with Crippen LogP contribution in [0.4, 0.5) is 22.7 Å². The van der Waals surface area contributed by atoms with E-state index in [9.17, 15) is 0 Å². The Morgan fingerprint density at radius 1 is 0.705 bits per heavy atom. The van der Waals surface area contributed by atoms with Crippen LogP contribution in [0.25, 0.3) is 31.4 Å². The molecule has 216 valence electrons. The van der Waals surface area contributed by atoms with Crippen LogP contribution in [0.15, 0.2) is 121 Å². The highest BCUT2D eigenvalue weighted by Crippen LogP contribution is 2.47. The fraction of sp³-hybridized carbons (Fsp3) is 0.132. The molecular formula is C38H31N3OS2. The van der Waals surface area contributed by atoms with Gasteiger partial charge in [0.15, 0.2) is 5.06 Å². The zero-order valence-corrected chi connectivity index (χ0v) is 26.5. The predicted molar refractivity (Wildman–Crippen MR) is 188 cm³/mol. The maximum atomic E-state index is 6.60. The zero-order valence-electron chi connectivity index (χ0n) is 24.8. The van der Waals surface area contributed by atoms with Crippen molar-refractivity contribution in [3.05, 3.63) is 126 Å². The first-order valence-corrected chi connectivity index (χ1v) is 16.5. The molecule has 8 rings (SSSR count). The summed E-state index contributed by atoms with van der Waals surface area (Å²) in [6, 6.07) is 38.6. The summed E-state index contributed by atoms with van der Waals surface area (Å²) in [6.07, 6.45) is 1.94. The Bertz CT molecular complexity index is 2140. The number of anilines is 4. The number of aromatic nitrogens is 1. The Morgan fingerprint density at radius 2 is 1.45 bits per heavy atom. The third kappa shape index (κ3) is 4.71. The van der Waals surface area contributed by atoms with Crippen molar-refractivity contribution in [2.45, 2.75) is 26.2 Å². The normalized spacial score (nSPS) is 13.2. The second-order valence-electron chi connectivity index (χ2n) is 12.2. The van der Waals surface area contributed by atoms with Gasteiger partial charge in [0, 0.05) is 55.4 Å². The van der Waals surface area contributed by atoms with Crippen LogP contribution >= 0.6 is 22.7 Å². The zero-order chi connectivity index (χ0) is 29.8. The van der Waals surface area contributed by atoms with Gasteiger partial charge in [0.05, 0.1) is 17.1 Å². The lowest BCUT2D eigenvalue weighted by molar-refractivity contribution is 0.497. The molecule has 44 heavy (non-hydrogen) atoms. The van der Waals surface area contributed by atoms with Crippen molar-refractivity contribution in [3.8, 4) is 22.1 Å². The summed E-state index contributed by atoms with van der Waals surface area (Å²) in [7, 11) is 0. The van der Waals surface area contributed by atoms with E-state index in [4.69, 9.17) is 9.72 Å². The molecule has 0 unspecified atom stereocenters. The molecule has 0 atom stereocenters. The number of hydrogen-bond donors (Lipinski definition) is 0. The average molecular weight is 610 g/mol. The first-order chi connectivity index (χ1) is 21.4. The smallest absolute Gasteiger partial charge is 0.182 e. The highest BCUT2D eigenvalue weighted by Gasteiger charge is 2.28. The summed E-state index contributed by atoms with van der Waals surface area (Å²) < 4.78 is 9.07. The van der Waals surface area contributed by atoms with E-state index in [0.29, 0.717) is 0 Å². The maximum Gasteiger partial charge on any atom is 0.182 e. The quantitative estimate of drug-likeness (QED) is 0.194. The van der Waals surface area contributed by atoms with E-state index in [0.717, 1.165) is 28.9 Å². The van der Waals surface area contributed by atoms with Crippen LogP contribution in [-0.2, 0) is 5.41 Å². The first kappa shape index (κ1) is 26.9. The Balaban J connectivity index is 1.15. The predicted octanol–water partition coefficient (Wildman–Crippen LogP) is 11.5. The van der Waals surface area contributed by atoms with Crippen molar-refractivity contribution >= 4 is 65.6 Å². The standard InChI is InChI=1S/C38H31N3OS2/c1-38(2,3)25-16-18-39-31(20-25)37-29-17-19-43-34(29)23-35-30(37)22-36(44-35)42-28-13-9-12-27(21-28)41-24-40(26-10-5-4-6-11-26)32-14-7-8-15-33(32)41/h4-23H,24H2,1-3H3. The molecule has 0 bridgehead atoms. The lowest BCUT2D eigenvalue weighted by Crippen LogP contribution is -2.23. The van der Waals surface area contributed by atoms with Crippen LogP contribution in [0.2, 0.25) is 0 Å². The van der Waals surface area contributed by atoms with Crippen molar-refractivity contribution in [1.82, 2.24) is 4.98 Å². The number of para-hydroxylation sites is 3. The molecule has 0 saturated carbocycles. The molecule has 0 fully saturated rings. The summed E-state index contributed by atoms with van der Waals surface area (Å²) >= 11 is 3.46. The van der Waals surface area contributed by atoms with Crippen LogP contribution in [0, 0.1) is 0 Å². The van der Waals surface area contributed by atoms with Gasteiger partial charge in [-0.05, 0) is 77.0 Å². The fourth-order valence-electron chi connectivity index (χ4n) is 6.04. The van der Waals surface area contributed by atoms with Crippen LogP contribution in [0.5, 0.6) is 10.8 Å². The third-order valence-corrected chi connectivity index (χ3v) is 10.1. The lowest BCUT2D eigenvalue weighted by Gasteiger charge is -2.22. The Hall–Kier alpha value is -4.65. The van der Waals surface area contributed by atoms with Gasteiger partial charge in [0.2, 0.25) is 0 Å². The minimum atomic E-state index is 0.0429. The summed E-state index contributed by atoms with van der Waals surface area (Å²) in [5.74, 6) is 0.820. The number of pyridine rings is 1. The molecule has 7 aromatic rings. The molecule has 6 heteroatoms. The van der Waals surface area contributed by atoms with E-state index >= 15 is 0 Å². The molecule has 1 aliphatic heterocycles. The third-order valence-electron chi connectivity index (χ3n) is 8.28. The van der Waals surface area contributed by atoms with E-state index < -0.39 is 0 Å². The number of rotatable bonds is 5. The summed E-state index contributed by atoms with van der Waals surface area (Å²) in [6.45, 7) is 7.48. The van der Waals surface area contributed by atoms with Gasteiger partial charge < -0.3 is 14.5 Å². The number of hydrogen-bond acceptors (Lipinski definition) is 6. The van der Waals surface area contributed by atoms with Gasteiger partial charge in [-0.3, -0.25) is 4.98 Å². The number of ether oxygens (including phenoxy) is 1. The van der Waals surface area contributed by atoms with Crippen molar-refractivity contribution in [3.63, 3.8) is 0 Å². The van der Waals surface area contributed by atoms with Crippen molar-refractivity contribution in [1.29, 1.82) is 0 Å². The molecule has 0 N–H and O–H groups in total. The van der Waals surface area contributed by atoms with Crippen LogP contribution in [0.1, 0.15) is 26.3 Å². The second-order valence-corrected chi connectivity index (χ2v) is 14.2. The molecule has 4 nitrogen and oxygen atoms in total. The summed E-state index contributed by atoms with van der Waals surface area (Å²) in [4.78, 5) is 9.56. The maximum absolute atomic E-state index is 6.60. The molecule has 0 radical (unpaired) electrons. The van der Waals surface area contributed by atoms with Crippen molar-refractivity contribution in [2.75, 3.05) is 16.5 Å². The highest BCUT2D eigenvalue weighted by molar-refractivity contribution is 7.22. The van der Waals surface area contributed by atoms with E-state index in [1.807, 2.05) is 12.3 Å². The van der Waals surface area contributed by atoms with E-state index in [1.165, 1.54) is 48.4 Å². The van der Waals surface area contributed by atoms with E-state index in [2.05, 4.69) is 139 Å². The van der Waals surface area contributed by atoms with Gasteiger partial charge in [-0.2, -0.15) is 0 Å². The Labute approximate surface area is 265 Å². The molecular weight excluding hydrogens is 579 g/mol. The number of fused-ring (bicyclic) bond motifs is 3. The molecule has 3 aromatic heterocycles. The number of nitrogens with zero attached hydrogens (tertiary/aromatic N) is 3. The molecule has 0 amide bonds. The average Bonchev–Trinajstić information content (AvgIpc) is 3.77.